The van der Waals surface area contributed by atoms with Gasteiger partial charge in [0.2, 0.25) is 0 Å². The quantitative estimate of drug-likeness (QED) is 0.394. The maximum atomic E-state index is 11.0. The molecule has 0 aliphatic heterocycles. The highest BCUT2D eigenvalue weighted by atomic mass is 28.1. The van der Waals surface area contributed by atoms with Crippen molar-refractivity contribution in [2.24, 2.45) is 0 Å². The van der Waals surface area contributed by atoms with Gasteiger partial charge in [-0.1, -0.05) is 18.5 Å². The molecule has 0 aromatic heterocycles. The van der Waals surface area contributed by atoms with Gasteiger partial charge in [-0.25, -0.2) is 4.79 Å². The largest absolute Gasteiger partial charge is 0.478 e. The smallest absolute Gasteiger partial charge is 0.331 e. The lowest BCUT2D eigenvalue weighted by atomic mass is 10.1. The van der Waals surface area contributed by atoms with E-state index in [9.17, 15) is 4.79 Å². The SMILES string of the molecule is CCCC([SiH3])=C(CC(OC)OC)C(=O)O. The second-order valence-electron chi connectivity index (χ2n) is 3.42. The Morgan fingerprint density at radius 1 is 1.40 bits per heavy atom. The Balaban J connectivity index is 4.66. The van der Waals surface area contributed by atoms with Crippen molar-refractivity contribution < 1.29 is 19.4 Å². The minimum Gasteiger partial charge on any atom is -0.478 e. The van der Waals surface area contributed by atoms with E-state index in [1.54, 1.807) is 0 Å². The zero-order chi connectivity index (χ0) is 11.8. The molecular formula is C10H20O4Si. The van der Waals surface area contributed by atoms with E-state index in [1.165, 1.54) is 14.2 Å². The van der Waals surface area contributed by atoms with Crippen LogP contribution in [-0.2, 0) is 14.3 Å². The Kier molecular flexibility index (Phi) is 7.28. The molecule has 0 saturated carbocycles. The van der Waals surface area contributed by atoms with Crippen LogP contribution in [0, 0.1) is 0 Å². The molecule has 4 nitrogen and oxygen atoms in total. The summed E-state index contributed by atoms with van der Waals surface area (Å²) < 4.78 is 10.0. The average Bonchev–Trinajstić information content (AvgIpc) is 2.19. The number of hydrogen-bond acceptors (Lipinski definition) is 3. The molecule has 5 heteroatoms. The van der Waals surface area contributed by atoms with E-state index in [0.29, 0.717) is 12.0 Å². The molecule has 1 N–H and O–H groups in total. The van der Waals surface area contributed by atoms with E-state index >= 15 is 0 Å². The van der Waals surface area contributed by atoms with E-state index in [-0.39, 0.29) is 0 Å². The van der Waals surface area contributed by atoms with Crippen LogP contribution in [0.2, 0.25) is 0 Å². The van der Waals surface area contributed by atoms with E-state index < -0.39 is 12.3 Å². The zero-order valence-electron chi connectivity index (χ0n) is 9.87. The van der Waals surface area contributed by atoms with Gasteiger partial charge in [0.05, 0.1) is 0 Å². The van der Waals surface area contributed by atoms with Gasteiger partial charge in [0.1, 0.15) is 0 Å². The Morgan fingerprint density at radius 3 is 2.27 bits per heavy atom. The third-order valence-corrected chi connectivity index (χ3v) is 3.40. The minimum absolute atomic E-state index is 0.321. The van der Waals surface area contributed by atoms with Crippen LogP contribution in [-0.4, -0.2) is 41.8 Å². The van der Waals surface area contributed by atoms with Crippen LogP contribution in [0.1, 0.15) is 26.2 Å². The zero-order valence-corrected chi connectivity index (χ0v) is 11.9. The number of allylic oxidation sites excluding steroid dienone is 1. The van der Waals surface area contributed by atoms with Crippen molar-refractivity contribution in [3.8, 4) is 0 Å². The molecule has 0 radical (unpaired) electrons. The lowest BCUT2D eigenvalue weighted by Crippen LogP contribution is -2.18. The molecule has 0 atom stereocenters. The van der Waals surface area contributed by atoms with Gasteiger partial charge in [-0.3, -0.25) is 0 Å². The fourth-order valence-corrected chi connectivity index (χ4v) is 2.32. The lowest BCUT2D eigenvalue weighted by Gasteiger charge is -2.15. The third-order valence-electron chi connectivity index (χ3n) is 2.29. The molecule has 0 aliphatic rings. The third kappa shape index (κ3) is 5.11. The molecule has 0 bridgehead atoms. The standard InChI is InChI=1S/C10H20O4Si/c1-4-5-8(15)7(10(11)12)6-9(13-2)14-3/h9H,4-6H2,1-3,15H3,(H,11,12). The van der Waals surface area contributed by atoms with Gasteiger partial charge in [0, 0.05) is 36.5 Å². The number of rotatable bonds is 7. The van der Waals surface area contributed by atoms with Crippen molar-refractivity contribution in [1.82, 2.24) is 0 Å². The number of carboxylic acid groups (broad SMARTS) is 1. The summed E-state index contributed by atoms with van der Waals surface area (Å²) in [5.74, 6) is -0.854. The predicted molar refractivity (Wildman–Crippen MR) is 61.9 cm³/mol. The topological polar surface area (TPSA) is 55.8 Å². The van der Waals surface area contributed by atoms with Gasteiger partial charge in [-0.15, -0.1) is 0 Å². The number of carbonyl (C=O) groups is 1. The van der Waals surface area contributed by atoms with Crippen molar-refractivity contribution in [2.75, 3.05) is 14.2 Å². The monoisotopic (exact) mass is 232 g/mol. The summed E-state index contributed by atoms with van der Waals surface area (Å²) in [6, 6.07) is 0. The number of ether oxygens (including phenoxy) is 2. The second kappa shape index (κ2) is 7.61. The molecule has 0 aromatic rings. The summed E-state index contributed by atoms with van der Waals surface area (Å²) in [6.07, 6.45) is 1.69. The molecule has 0 rings (SSSR count). The molecular weight excluding hydrogens is 212 g/mol. The molecule has 15 heavy (non-hydrogen) atoms. The molecule has 0 fully saturated rings. The molecule has 0 aromatic carbocycles. The summed E-state index contributed by atoms with van der Waals surface area (Å²) in [5, 5.41) is 10.1. The van der Waals surface area contributed by atoms with Crippen LogP contribution in [0.25, 0.3) is 0 Å². The fraction of sp³-hybridized carbons (Fsp3) is 0.700. The summed E-state index contributed by atoms with van der Waals surface area (Å²) in [6.45, 7) is 2.04. The summed E-state index contributed by atoms with van der Waals surface area (Å²) in [5.41, 5.74) is 0.456. The van der Waals surface area contributed by atoms with Crippen LogP contribution in [0.5, 0.6) is 0 Å². The Morgan fingerprint density at radius 2 is 1.93 bits per heavy atom. The molecule has 0 spiro atoms. The highest BCUT2D eigenvalue weighted by Crippen LogP contribution is 2.15. The predicted octanol–water partition coefficient (Wildman–Crippen LogP) is 0.500. The Bertz CT molecular complexity index is 234. The van der Waals surface area contributed by atoms with E-state index in [2.05, 4.69) is 0 Å². The van der Waals surface area contributed by atoms with Gasteiger partial charge in [0.25, 0.3) is 0 Å². The van der Waals surface area contributed by atoms with Gasteiger partial charge in [-0.05, 0) is 6.42 Å². The van der Waals surface area contributed by atoms with Crippen molar-refractivity contribution in [1.29, 1.82) is 0 Å². The van der Waals surface area contributed by atoms with Crippen LogP contribution >= 0.6 is 0 Å². The number of hydrogen-bond donors (Lipinski definition) is 1. The highest BCUT2D eigenvalue weighted by molar-refractivity contribution is 6.24. The molecule has 88 valence electrons. The maximum absolute atomic E-state index is 11.0. The first kappa shape index (κ1) is 14.3. The van der Waals surface area contributed by atoms with E-state index in [0.717, 1.165) is 28.3 Å². The van der Waals surface area contributed by atoms with Gasteiger partial charge in [-0.2, -0.15) is 0 Å². The van der Waals surface area contributed by atoms with E-state index in [4.69, 9.17) is 14.6 Å². The number of carboxylic acids is 1. The van der Waals surface area contributed by atoms with Crippen molar-refractivity contribution in [3.63, 3.8) is 0 Å². The first-order chi connectivity index (χ1) is 7.06. The Labute approximate surface area is 93.7 Å². The number of aliphatic carboxylic acids is 1. The van der Waals surface area contributed by atoms with Crippen LogP contribution in [0.3, 0.4) is 0 Å². The van der Waals surface area contributed by atoms with Crippen LogP contribution < -0.4 is 0 Å². The summed E-state index contributed by atoms with van der Waals surface area (Å²) in [4.78, 5) is 11.0. The average molecular weight is 232 g/mol. The maximum Gasteiger partial charge on any atom is 0.331 e. The van der Waals surface area contributed by atoms with Gasteiger partial charge < -0.3 is 14.6 Å². The van der Waals surface area contributed by atoms with Crippen molar-refractivity contribution >= 4 is 16.2 Å². The highest BCUT2D eigenvalue weighted by Gasteiger charge is 2.16. The van der Waals surface area contributed by atoms with Crippen LogP contribution in [0.4, 0.5) is 0 Å². The van der Waals surface area contributed by atoms with Gasteiger partial charge >= 0.3 is 5.97 Å². The summed E-state index contributed by atoms with van der Waals surface area (Å²) >= 11 is 0. The number of methoxy groups -OCH3 is 2. The first-order valence-corrected chi connectivity index (χ1v) is 6.04. The molecule has 0 unspecified atom stereocenters. The normalized spacial score (nSPS) is 13.1. The lowest BCUT2D eigenvalue weighted by molar-refractivity contribution is -0.135. The van der Waals surface area contributed by atoms with Gasteiger partial charge in [0.15, 0.2) is 6.29 Å². The Hall–Kier alpha value is -0.653. The molecule has 0 aliphatic carbocycles. The minimum atomic E-state index is -0.854. The van der Waals surface area contributed by atoms with Crippen molar-refractivity contribution in [3.05, 3.63) is 10.8 Å². The molecule has 0 saturated heterocycles. The molecule has 0 amide bonds. The van der Waals surface area contributed by atoms with Crippen molar-refractivity contribution in [2.45, 2.75) is 32.5 Å². The second-order valence-corrected chi connectivity index (χ2v) is 4.63. The fourth-order valence-electron chi connectivity index (χ4n) is 1.40. The summed E-state index contributed by atoms with van der Waals surface area (Å²) in [7, 11) is 3.81. The first-order valence-electron chi connectivity index (χ1n) is 5.04. The molecule has 0 heterocycles. The van der Waals surface area contributed by atoms with Crippen LogP contribution in [0.15, 0.2) is 10.8 Å². The van der Waals surface area contributed by atoms with E-state index in [1.807, 2.05) is 6.92 Å².